The van der Waals surface area contributed by atoms with Gasteiger partial charge >= 0.3 is 6.03 Å². The lowest BCUT2D eigenvalue weighted by molar-refractivity contribution is 0.0837. The second-order valence-corrected chi connectivity index (χ2v) is 11.4. The summed E-state index contributed by atoms with van der Waals surface area (Å²) in [5.74, 6) is 1.31. The Kier molecular flexibility index (Phi) is 5.07. The standard InChI is InChI=1S/C21H40N2O/c1-15-9-18(3,4)13-20(7,11-15)22-17(24)23-21(8)12-16(2)10-19(5,6)14-21/h15-16H,9-14H2,1-8H3,(H2,22,23,24). The van der Waals surface area contributed by atoms with Crippen molar-refractivity contribution in [3.05, 3.63) is 0 Å². The van der Waals surface area contributed by atoms with Crippen LogP contribution in [0, 0.1) is 22.7 Å². The van der Waals surface area contributed by atoms with Crippen LogP contribution < -0.4 is 10.6 Å². The highest BCUT2D eigenvalue weighted by Gasteiger charge is 2.43. The predicted molar refractivity (Wildman–Crippen MR) is 102 cm³/mol. The van der Waals surface area contributed by atoms with Gasteiger partial charge in [-0.2, -0.15) is 0 Å². The lowest BCUT2D eigenvalue weighted by Crippen LogP contribution is -2.60. The molecule has 2 aliphatic carbocycles. The molecule has 0 aliphatic heterocycles. The minimum atomic E-state index is -0.0998. The second kappa shape index (κ2) is 6.21. The van der Waals surface area contributed by atoms with Crippen molar-refractivity contribution < 1.29 is 4.79 Å². The predicted octanol–water partition coefficient (Wildman–Crippen LogP) is 5.50. The molecule has 0 aromatic heterocycles. The number of nitrogens with one attached hydrogen (secondary N) is 2. The number of hydrogen-bond acceptors (Lipinski definition) is 1. The van der Waals surface area contributed by atoms with Gasteiger partial charge < -0.3 is 10.6 Å². The molecule has 0 radical (unpaired) electrons. The fourth-order valence-corrected chi connectivity index (χ4v) is 6.74. The number of urea groups is 1. The van der Waals surface area contributed by atoms with Gasteiger partial charge in [-0.1, -0.05) is 41.5 Å². The van der Waals surface area contributed by atoms with Crippen molar-refractivity contribution in [3.63, 3.8) is 0 Å². The van der Waals surface area contributed by atoms with Gasteiger partial charge in [-0.25, -0.2) is 4.79 Å². The average molecular weight is 337 g/mol. The van der Waals surface area contributed by atoms with E-state index in [1.165, 1.54) is 12.8 Å². The van der Waals surface area contributed by atoms with Gasteiger partial charge in [-0.3, -0.25) is 0 Å². The van der Waals surface area contributed by atoms with E-state index >= 15 is 0 Å². The van der Waals surface area contributed by atoms with Crippen molar-refractivity contribution in [2.24, 2.45) is 22.7 Å². The lowest BCUT2D eigenvalue weighted by atomic mass is 9.64. The number of carbonyl (C=O) groups is 1. The van der Waals surface area contributed by atoms with Crippen molar-refractivity contribution >= 4 is 6.03 Å². The van der Waals surface area contributed by atoms with Crippen LogP contribution in [0.4, 0.5) is 4.79 Å². The van der Waals surface area contributed by atoms with E-state index < -0.39 is 0 Å². The summed E-state index contributed by atoms with van der Waals surface area (Å²) in [4.78, 5) is 12.8. The number of hydrogen-bond donors (Lipinski definition) is 2. The highest BCUT2D eigenvalue weighted by atomic mass is 16.2. The second-order valence-electron chi connectivity index (χ2n) is 11.4. The molecule has 0 bridgehead atoms. The zero-order chi connectivity index (χ0) is 18.4. The van der Waals surface area contributed by atoms with Crippen molar-refractivity contribution in [1.29, 1.82) is 0 Å². The van der Waals surface area contributed by atoms with E-state index in [-0.39, 0.29) is 17.1 Å². The molecule has 2 fully saturated rings. The van der Waals surface area contributed by atoms with Crippen LogP contribution in [0.5, 0.6) is 0 Å². The highest BCUT2D eigenvalue weighted by molar-refractivity contribution is 5.75. The summed E-state index contributed by atoms with van der Waals surface area (Å²) >= 11 is 0. The van der Waals surface area contributed by atoms with Crippen LogP contribution in [0.3, 0.4) is 0 Å². The summed E-state index contributed by atoms with van der Waals surface area (Å²) in [7, 11) is 0. The van der Waals surface area contributed by atoms with E-state index in [4.69, 9.17) is 0 Å². The first-order valence-corrected chi connectivity index (χ1v) is 9.82. The summed E-state index contributed by atoms with van der Waals surface area (Å²) in [5, 5.41) is 6.69. The molecule has 2 rings (SSSR count). The molecule has 0 aromatic carbocycles. The van der Waals surface area contributed by atoms with E-state index in [1.54, 1.807) is 0 Å². The van der Waals surface area contributed by atoms with Gasteiger partial charge in [0, 0.05) is 11.1 Å². The molecule has 140 valence electrons. The zero-order valence-corrected chi connectivity index (χ0v) is 17.3. The summed E-state index contributed by atoms with van der Waals surface area (Å²) in [6.07, 6.45) is 6.74. The molecule has 2 saturated carbocycles. The Morgan fingerprint density at radius 2 is 1.04 bits per heavy atom. The molecule has 4 unspecified atom stereocenters. The van der Waals surface area contributed by atoms with Crippen LogP contribution in [-0.2, 0) is 0 Å². The van der Waals surface area contributed by atoms with Crippen LogP contribution in [-0.4, -0.2) is 17.1 Å². The fraction of sp³-hybridized carbons (Fsp3) is 0.952. The Morgan fingerprint density at radius 3 is 1.33 bits per heavy atom. The van der Waals surface area contributed by atoms with Gasteiger partial charge in [-0.15, -0.1) is 0 Å². The van der Waals surface area contributed by atoms with Crippen molar-refractivity contribution in [2.45, 2.75) is 105 Å². The lowest BCUT2D eigenvalue weighted by Gasteiger charge is -2.48. The van der Waals surface area contributed by atoms with E-state index in [0.717, 1.165) is 25.7 Å². The van der Waals surface area contributed by atoms with Gasteiger partial charge in [0.2, 0.25) is 0 Å². The van der Waals surface area contributed by atoms with Crippen molar-refractivity contribution in [3.8, 4) is 0 Å². The van der Waals surface area contributed by atoms with E-state index in [1.807, 2.05) is 0 Å². The molecule has 24 heavy (non-hydrogen) atoms. The Morgan fingerprint density at radius 1 is 0.708 bits per heavy atom. The first kappa shape index (κ1) is 19.6. The fourth-order valence-electron chi connectivity index (χ4n) is 6.74. The summed E-state index contributed by atoms with van der Waals surface area (Å²) < 4.78 is 0. The van der Waals surface area contributed by atoms with Crippen LogP contribution in [0.25, 0.3) is 0 Å². The highest BCUT2D eigenvalue weighted by Crippen LogP contribution is 2.45. The molecule has 4 atom stereocenters. The van der Waals surface area contributed by atoms with E-state index in [2.05, 4.69) is 66.0 Å². The molecule has 0 aromatic rings. The smallest absolute Gasteiger partial charge is 0.315 e. The number of carbonyl (C=O) groups excluding carboxylic acids is 1. The van der Waals surface area contributed by atoms with E-state index in [0.29, 0.717) is 22.7 Å². The first-order chi connectivity index (χ1) is 10.7. The topological polar surface area (TPSA) is 41.1 Å². The molecule has 0 heterocycles. The maximum atomic E-state index is 12.8. The monoisotopic (exact) mass is 336 g/mol. The van der Waals surface area contributed by atoms with Crippen molar-refractivity contribution in [1.82, 2.24) is 10.6 Å². The van der Waals surface area contributed by atoms with Crippen molar-refractivity contribution in [2.75, 3.05) is 0 Å². The largest absolute Gasteiger partial charge is 0.333 e. The van der Waals surface area contributed by atoms with Crippen LogP contribution in [0.15, 0.2) is 0 Å². The molecule has 2 aliphatic rings. The molecule has 2 amide bonds. The van der Waals surface area contributed by atoms with Gasteiger partial charge in [0.1, 0.15) is 0 Å². The zero-order valence-electron chi connectivity index (χ0n) is 17.3. The van der Waals surface area contributed by atoms with E-state index in [9.17, 15) is 4.79 Å². The molecule has 2 N–H and O–H groups in total. The minimum Gasteiger partial charge on any atom is -0.333 e. The maximum Gasteiger partial charge on any atom is 0.315 e. The molecule has 0 saturated heterocycles. The molecule has 3 nitrogen and oxygen atoms in total. The Hall–Kier alpha value is -0.730. The number of amides is 2. The molecule has 0 spiro atoms. The quantitative estimate of drug-likeness (QED) is 0.687. The molecular formula is C21H40N2O. The third-order valence-electron chi connectivity index (χ3n) is 5.97. The summed E-state index contributed by atoms with van der Waals surface area (Å²) in [6, 6.07) is 0.0230. The van der Waals surface area contributed by atoms with Gasteiger partial charge in [0.05, 0.1) is 0 Å². The average Bonchev–Trinajstić information content (AvgIpc) is 2.17. The Labute approximate surface area is 149 Å². The van der Waals surface area contributed by atoms with Gasteiger partial charge in [0.25, 0.3) is 0 Å². The third-order valence-corrected chi connectivity index (χ3v) is 5.97. The molecular weight excluding hydrogens is 296 g/mol. The third kappa shape index (κ3) is 5.13. The van der Waals surface area contributed by atoms with Crippen LogP contribution >= 0.6 is 0 Å². The van der Waals surface area contributed by atoms with Crippen LogP contribution in [0.1, 0.15) is 93.9 Å². The SMILES string of the molecule is CC1CC(C)(C)CC(C)(NC(=O)NC2(C)CC(C)CC(C)(C)C2)C1. The van der Waals surface area contributed by atoms with Gasteiger partial charge in [-0.05, 0) is 75.0 Å². The summed E-state index contributed by atoms with van der Waals surface area (Å²) in [5.41, 5.74) is 0.394. The first-order valence-electron chi connectivity index (χ1n) is 9.82. The van der Waals surface area contributed by atoms with Gasteiger partial charge in [0.15, 0.2) is 0 Å². The summed E-state index contributed by atoms with van der Waals surface area (Å²) in [6.45, 7) is 18.4. The van der Waals surface area contributed by atoms with Crippen LogP contribution in [0.2, 0.25) is 0 Å². The Bertz CT molecular complexity index is 442. The maximum absolute atomic E-state index is 12.8. The Balaban J connectivity index is 2.02. The number of rotatable bonds is 2. The minimum absolute atomic E-state index is 0.0230. The normalized spacial score (nSPS) is 41.5. The molecule has 3 heteroatoms.